The molecular weight excluding hydrogens is 459 g/mol. The maximum absolute atomic E-state index is 13.4. The van der Waals surface area contributed by atoms with Crippen molar-refractivity contribution < 1.29 is 14.2 Å². The highest BCUT2D eigenvalue weighted by molar-refractivity contribution is 9.10. The van der Waals surface area contributed by atoms with Crippen molar-refractivity contribution in [1.82, 2.24) is 15.6 Å². The Morgan fingerprint density at radius 3 is 2.63 bits per heavy atom. The molecule has 156 valence electrons. The van der Waals surface area contributed by atoms with E-state index >= 15 is 0 Å². The van der Waals surface area contributed by atoms with E-state index in [1.54, 1.807) is 0 Å². The van der Waals surface area contributed by atoms with E-state index in [1.807, 2.05) is 30.3 Å². The normalized spacial score (nSPS) is 11.1. The van der Waals surface area contributed by atoms with Crippen molar-refractivity contribution in [2.75, 3.05) is 29.0 Å². The van der Waals surface area contributed by atoms with E-state index in [-0.39, 0.29) is 27.8 Å². The van der Waals surface area contributed by atoms with Crippen molar-refractivity contribution in [1.29, 1.82) is 5.41 Å². The molecule has 0 bridgehead atoms. The number of aromatic nitrogens is 2. The highest BCUT2D eigenvalue weighted by Crippen LogP contribution is 2.21. The second kappa shape index (κ2) is 10.2. The molecule has 0 amide bonds. The summed E-state index contributed by atoms with van der Waals surface area (Å²) in [6.45, 7) is 0.774. The monoisotopic (exact) mass is 476 g/mol. The molecule has 2 aromatic carbocycles. The Morgan fingerprint density at radius 2 is 1.90 bits per heavy atom. The second-order valence-corrected chi connectivity index (χ2v) is 6.74. The number of para-hydroxylation sites is 1. The lowest BCUT2D eigenvalue weighted by Gasteiger charge is -2.11. The number of nitrogens with zero attached hydrogens (tertiary/aromatic N) is 3. The second-order valence-electron chi connectivity index (χ2n) is 5.88. The molecular formula is C18H18BrFN8O2. The molecule has 0 fully saturated rings. The molecule has 0 saturated carbocycles. The van der Waals surface area contributed by atoms with Gasteiger partial charge in [0.15, 0.2) is 11.7 Å². The Labute approximate surface area is 179 Å². The van der Waals surface area contributed by atoms with Crippen LogP contribution in [-0.2, 0) is 0 Å². The van der Waals surface area contributed by atoms with Gasteiger partial charge in [-0.1, -0.05) is 23.4 Å². The minimum atomic E-state index is -0.423. The van der Waals surface area contributed by atoms with Gasteiger partial charge in [0, 0.05) is 24.5 Å². The molecule has 1 aromatic heterocycles. The van der Waals surface area contributed by atoms with Crippen LogP contribution in [0.3, 0.4) is 0 Å². The number of oxime groups is 1. The lowest BCUT2D eigenvalue weighted by molar-refractivity contribution is 0.305. The molecule has 0 unspecified atom stereocenters. The van der Waals surface area contributed by atoms with Crippen LogP contribution in [0.2, 0.25) is 0 Å². The largest absolute Gasteiger partial charge is 0.409 e. The van der Waals surface area contributed by atoms with Crippen molar-refractivity contribution in [3.8, 4) is 0 Å². The molecule has 3 aromatic rings. The highest BCUT2D eigenvalue weighted by Gasteiger charge is 2.18. The van der Waals surface area contributed by atoms with E-state index < -0.39 is 5.82 Å². The SMILES string of the molecule is N=C(NCCNc1nonc1/C(=N/O)Nc1ccc(F)c(Br)c1)Nc1ccccc1. The molecule has 0 atom stereocenters. The minimum Gasteiger partial charge on any atom is -0.409 e. The first-order valence-electron chi connectivity index (χ1n) is 8.72. The van der Waals surface area contributed by atoms with Crippen LogP contribution in [0, 0.1) is 11.2 Å². The lowest BCUT2D eigenvalue weighted by atomic mass is 10.3. The van der Waals surface area contributed by atoms with Crippen LogP contribution in [0.15, 0.2) is 62.8 Å². The van der Waals surface area contributed by atoms with Gasteiger partial charge in [0.25, 0.3) is 0 Å². The Bertz CT molecular complexity index is 1030. The molecule has 0 aliphatic heterocycles. The lowest BCUT2D eigenvalue weighted by Crippen LogP contribution is -2.33. The van der Waals surface area contributed by atoms with Gasteiger partial charge in [-0.05, 0) is 56.6 Å². The van der Waals surface area contributed by atoms with Crippen LogP contribution >= 0.6 is 15.9 Å². The summed E-state index contributed by atoms with van der Waals surface area (Å²) in [5.74, 6) is -0.0829. The fraction of sp³-hybridized carbons (Fsp3) is 0.111. The Hall–Kier alpha value is -3.67. The zero-order valence-corrected chi connectivity index (χ0v) is 17.1. The molecule has 12 heteroatoms. The quantitative estimate of drug-likeness (QED) is 0.100. The molecule has 0 spiro atoms. The third-order valence-corrected chi connectivity index (χ3v) is 4.37. The minimum absolute atomic E-state index is 0.0382. The molecule has 6 N–H and O–H groups in total. The van der Waals surface area contributed by atoms with Crippen molar-refractivity contribution >= 4 is 44.9 Å². The number of hydrogen-bond donors (Lipinski definition) is 6. The maximum atomic E-state index is 13.4. The van der Waals surface area contributed by atoms with Crippen LogP contribution < -0.4 is 21.3 Å². The summed E-state index contributed by atoms with van der Waals surface area (Å²) < 4.78 is 18.4. The molecule has 0 radical (unpaired) electrons. The number of hydrogen-bond acceptors (Lipinski definition) is 7. The topological polar surface area (TPSA) is 143 Å². The smallest absolute Gasteiger partial charge is 0.203 e. The molecule has 10 nitrogen and oxygen atoms in total. The number of amidine groups is 1. The zero-order valence-electron chi connectivity index (χ0n) is 15.5. The summed E-state index contributed by atoms with van der Waals surface area (Å²) >= 11 is 3.09. The predicted octanol–water partition coefficient (Wildman–Crippen LogP) is 3.27. The van der Waals surface area contributed by atoms with Crippen LogP contribution in [0.5, 0.6) is 0 Å². The molecule has 0 aliphatic rings. The summed E-state index contributed by atoms with van der Waals surface area (Å²) in [6.07, 6.45) is 0. The van der Waals surface area contributed by atoms with E-state index in [4.69, 9.17) is 10.0 Å². The summed E-state index contributed by atoms with van der Waals surface area (Å²) in [5.41, 5.74) is 1.40. The number of guanidine groups is 1. The van der Waals surface area contributed by atoms with Gasteiger partial charge in [-0.15, -0.1) is 0 Å². The zero-order chi connectivity index (χ0) is 21.3. The number of nitrogens with one attached hydrogen (secondary N) is 5. The number of anilines is 3. The van der Waals surface area contributed by atoms with Gasteiger partial charge in [-0.2, -0.15) is 0 Å². The van der Waals surface area contributed by atoms with Crippen molar-refractivity contribution in [2.45, 2.75) is 0 Å². The van der Waals surface area contributed by atoms with Crippen molar-refractivity contribution in [2.24, 2.45) is 5.16 Å². The summed E-state index contributed by atoms with van der Waals surface area (Å²) in [7, 11) is 0. The standard InChI is InChI=1S/C18H18BrFN8O2/c19-13-10-12(6-7-14(13)20)24-17(26-29)15-16(28-30-27-15)22-8-9-23-18(21)25-11-4-2-1-3-5-11/h1-7,10,29H,8-9H2,(H,22,28)(H,24,26)(H3,21,23,25). The predicted molar refractivity (Wildman–Crippen MR) is 115 cm³/mol. The van der Waals surface area contributed by atoms with E-state index in [9.17, 15) is 9.60 Å². The van der Waals surface area contributed by atoms with E-state index in [0.29, 0.717) is 18.8 Å². The van der Waals surface area contributed by atoms with Gasteiger partial charge < -0.3 is 26.5 Å². The summed E-state index contributed by atoms with van der Waals surface area (Å²) in [4.78, 5) is 0. The van der Waals surface area contributed by atoms with E-state index in [0.717, 1.165) is 5.69 Å². The van der Waals surface area contributed by atoms with Gasteiger partial charge in [0.05, 0.1) is 4.47 Å². The third-order valence-electron chi connectivity index (χ3n) is 3.76. The summed E-state index contributed by atoms with van der Waals surface area (Å²) in [5, 5.41) is 39.5. The summed E-state index contributed by atoms with van der Waals surface area (Å²) in [6, 6.07) is 13.5. The number of rotatable bonds is 7. The van der Waals surface area contributed by atoms with E-state index in [2.05, 4.69) is 52.7 Å². The number of halogens is 2. The molecule has 0 aliphatic carbocycles. The first-order chi connectivity index (χ1) is 14.6. The van der Waals surface area contributed by atoms with Gasteiger partial charge >= 0.3 is 0 Å². The van der Waals surface area contributed by atoms with Crippen LogP contribution in [0.1, 0.15) is 5.69 Å². The molecule has 1 heterocycles. The van der Waals surface area contributed by atoms with Crippen LogP contribution in [0.4, 0.5) is 21.6 Å². The fourth-order valence-corrected chi connectivity index (χ4v) is 2.76. The van der Waals surface area contributed by atoms with E-state index in [1.165, 1.54) is 18.2 Å². The number of benzene rings is 2. The average molecular weight is 477 g/mol. The molecule has 0 saturated heterocycles. The van der Waals surface area contributed by atoms with Crippen molar-refractivity contribution in [3.63, 3.8) is 0 Å². The van der Waals surface area contributed by atoms with Gasteiger partial charge in [-0.3, -0.25) is 5.41 Å². The first-order valence-corrected chi connectivity index (χ1v) is 9.51. The van der Waals surface area contributed by atoms with Gasteiger partial charge in [-0.25, -0.2) is 9.02 Å². The Balaban J connectivity index is 1.52. The van der Waals surface area contributed by atoms with Gasteiger partial charge in [0.2, 0.25) is 11.7 Å². The molecule has 3 rings (SSSR count). The average Bonchev–Trinajstić information content (AvgIpc) is 3.21. The fourth-order valence-electron chi connectivity index (χ4n) is 2.38. The van der Waals surface area contributed by atoms with Crippen LogP contribution in [-0.4, -0.2) is 40.4 Å². The van der Waals surface area contributed by atoms with Gasteiger partial charge in [0.1, 0.15) is 5.82 Å². The first kappa shape index (κ1) is 21.0. The van der Waals surface area contributed by atoms with Crippen molar-refractivity contribution in [3.05, 3.63) is 64.5 Å². The highest BCUT2D eigenvalue weighted by atomic mass is 79.9. The maximum Gasteiger partial charge on any atom is 0.203 e. The van der Waals surface area contributed by atoms with Crippen LogP contribution in [0.25, 0.3) is 0 Å². The Morgan fingerprint density at radius 1 is 1.10 bits per heavy atom. The molecule has 30 heavy (non-hydrogen) atoms. The third kappa shape index (κ3) is 5.67. The Kier molecular flexibility index (Phi) is 7.16.